The van der Waals surface area contributed by atoms with Gasteiger partial charge in [-0.15, -0.1) is 0 Å². The van der Waals surface area contributed by atoms with Crippen LogP contribution in [0.3, 0.4) is 0 Å². The molecule has 26 heavy (non-hydrogen) atoms. The van der Waals surface area contributed by atoms with Gasteiger partial charge in [0, 0.05) is 11.3 Å². The van der Waals surface area contributed by atoms with Crippen LogP contribution in [0.4, 0.5) is 5.69 Å². The van der Waals surface area contributed by atoms with Crippen LogP contribution >= 0.6 is 0 Å². The van der Waals surface area contributed by atoms with Gasteiger partial charge in [-0.25, -0.2) is 0 Å². The lowest BCUT2D eigenvalue weighted by Gasteiger charge is -2.14. The summed E-state index contributed by atoms with van der Waals surface area (Å²) < 4.78 is 9.82. The zero-order valence-electron chi connectivity index (χ0n) is 13.9. The molecule has 1 aromatic heterocycles. The first-order valence-electron chi connectivity index (χ1n) is 7.58. The van der Waals surface area contributed by atoms with Crippen molar-refractivity contribution in [1.29, 1.82) is 0 Å². The Morgan fingerprint density at radius 1 is 1.15 bits per heavy atom. The maximum Gasteiger partial charge on any atom is 0.326 e. The van der Waals surface area contributed by atoms with Crippen molar-refractivity contribution >= 4 is 29.4 Å². The van der Waals surface area contributed by atoms with Gasteiger partial charge in [0.1, 0.15) is 6.54 Å². The summed E-state index contributed by atoms with van der Waals surface area (Å²) in [6.45, 7) is 0.976. The van der Waals surface area contributed by atoms with E-state index in [9.17, 15) is 19.2 Å². The number of nitrogens with two attached hydrogens (primary N) is 1. The van der Waals surface area contributed by atoms with Gasteiger partial charge in [0.05, 0.1) is 6.26 Å². The van der Waals surface area contributed by atoms with Crippen LogP contribution in [0.1, 0.15) is 27.8 Å². The Labute approximate surface area is 148 Å². The zero-order valence-corrected chi connectivity index (χ0v) is 13.9. The van der Waals surface area contributed by atoms with Crippen molar-refractivity contribution in [2.75, 3.05) is 11.9 Å². The Hall–Kier alpha value is -3.62. The Kier molecular flexibility index (Phi) is 6.10. The van der Waals surface area contributed by atoms with E-state index in [4.69, 9.17) is 14.9 Å². The van der Waals surface area contributed by atoms with Crippen molar-refractivity contribution in [3.05, 3.63) is 54.0 Å². The number of ether oxygens (including phenoxy) is 1. The molecule has 136 valence electrons. The number of carbonyl (C=O) groups excluding carboxylic acids is 4. The highest BCUT2D eigenvalue weighted by Crippen LogP contribution is 2.10. The van der Waals surface area contributed by atoms with E-state index in [2.05, 4.69) is 10.6 Å². The first kappa shape index (κ1) is 18.7. The third-order valence-corrected chi connectivity index (χ3v) is 3.25. The van der Waals surface area contributed by atoms with Crippen molar-refractivity contribution in [2.45, 2.75) is 13.0 Å². The van der Waals surface area contributed by atoms with E-state index in [1.807, 2.05) is 0 Å². The Bertz CT molecular complexity index is 798. The van der Waals surface area contributed by atoms with Gasteiger partial charge in [-0.05, 0) is 43.3 Å². The minimum absolute atomic E-state index is 0.0583. The van der Waals surface area contributed by atoms with E-state index < -0.39 is 36.3 Å². The van der Waals surface area contributed by atoms with Crippen molar-refractivity contribution in [3.8, 4) is 0 Å². The lowest BCUT2D eigenvalue weighted by atomic mass is 10.2. The van der Waals surface area contributed by atoms with Crippen molar-refractivity contribution < 1.29 is 28.3 Å². The van der Waals surface area contributed by atoms with E-state index in [1.54, 1.807) is 0 Å². The summed E-state index contributed by atoms with van der Waals surface area (Å²) >= 11 is 0. The van der Waals surface area contributed by atoms with E-state index >= 15 is 0 Å². The summed E-state index contributed by atoms with van der Waals surface area (Å²) in [5, 5.41) is 4.84. The number of furan rings is 1. The molecule has 2 rings (SSSR count). The first-order chi connectivity index (χ1) is 12.4. The molecule has 1 atom stereocenters. The molecule has 3 amide bonds. The number of hydrogen-bond acceptors (Lipinski definition) is 6. The van der Waals surface area contributed by atoms with E-state index in [-0.39, 0.29) is 5.76 Å². The molecule has 2 aromatic rings. The monoisotopic (exact) mass is 359 g/mol. The Morgan fingerprint density at radius 2 is 1.85 bits per heavy atom. The van der Waals surface area contributed by atoms with Gasteiger partial charge >= 0.3 is 5.97 Å². The van der Waals surface area contributed by atoms with Gasteiger partial charge in [-0.3, -0.25) is 19.2 Å². The normalized spacial score (nSPS) is 11.3. The quantitative estimate of drug-likeness (QED) is 0.621. The van der Waals surface area contributed by atoms with Gasteiger partial charge < -0.3 is 25.5 Å². The number of amides is 3. The average Bonchev–Trinajstić information content (AvgIpc) is 3.14. The summed E-state index contributed by atoms with van der Waals surface area (Å²) in [4.78, 5) is 46.3. The first-order valence-corrected chi connectivity index (χ1v) is 7.58. The molecule has 0 spiro atoms. The van der Waals surface area contributed by atoms with Gasteiger partial charge in [0.2, 0.25) is 5.91 Å². The van der Waals surface area contributed by atoms with E-state index in [0.29, 0.717) is 11.3 Å². The fraction of sp³-hybridized carbons (Fsp3) is 0.176. The molecule has 0 aliphatic heterocycles. The summed E-state index contributed by atoms with van der Waals surface area (Å²) in [5.41, 5.74) is 5.84. The molecule has 0 aliphatic carbocycles. The van der Waals surface area contributed by atoms with Crippen LogP contribution in [0.15, 0.2) is 47.1 Å². The van der Waals surface area contributed by atoms with Crippen LogP contribution in [0, 0.1) is 0 Å². The summed E-state index contributed by atoms with van der Waals surface area (Å²) in [6, 6.07) is 8.89. The van der Waals surface area contributed by atoms with Crippen LogP contribution in [0.5, 0.6) is 0 Å². The molecular weight excluding hydrogens is 342 g/mol. The second-order valence-corrected chi connectivity index (χ2v) is 5.22. The van der Waals surface area contributed by atoms with Crippen LogP contribution < -0.4 is 16.4 Å². The highest BCUT2D eigenvalue weighted by atomic mass is 16.5. The summed E-state index contributed by atoms with van der Waals surface area (Å²) in [5.74, 6) is -2.44. The van der Waals surface area contributed by atoms with Crippen LogP contribution in [-0.4, -0.2) is 36.3 Å². The number of nitrogens with one attached hydrogen (secondary N) is 2. The molecule has 4 N–H and O–H groups in total. The lowest BCUT2D eigenvalue weighted by molar-refractivity contribution is -0.152. The number of primary amides is 1. The SMILES string of the molecule is C[C@H](OC(=O)CNC(=O)c1ccco1)C(=O)Nc1ccc(C(N)=O)cc1. The maximum absolute atomic E-state index is 12.0. The second kappa shape index (κ2) is 8.47. The van der Waals surface area contributed by atoms with Crippen molar-refractivity contribution in [2.24, 2.45) is 5.73 Å². The predicted molar refractivity (Wildman–Crippen MR) is 90.2 cm³/mol. The molecule has 0 saturated heterocycles. The minimum Gasteiger partial charge on any atom is -0.459 e. The highest BCUT2D eigenvalue weighted by molar-refractivity contribution is 5.97. The molecule has 9 nitrogen and oxygen atoms in total. The standard InChI is InChI=1S/C17H17N3O6/c1-10(16(23)20-12-6-4-11(5-7-12)15(18)22)26-14(21)9-19-17(24)13-3-2-8-25-13/h2-8,10H,9H2,1H3,(H2,18,22)(H,19,24)(H,20,23)/t10-/m0/s1. The molecule has 0 saturated carbocycles. The molecule has 0 fully saturated rings. The number of esters is 1. The van der Waals surface area contributed by atoms with Crippen LogP contribution in [-0.2, 0) is 14.3 Å². The third-order valence-electron chi connectivity index (χ3n) is 3.25. The number of benzene rings is 1. The predicted octanol–water partition coefficient (Wildman–Crippen LogP) is 0.679. The molecule has 1 heterocycles. The maximum atomic E-state index is 12.0. The van der Waals surface area contributed by atoms with Crippen LogP contribution in [0.25, 0.3) is 0 Å². The minimum atomic E-state index is -1.08. The number of rotatable bonds is 7. The highest BCUT2D eigenvalue weighted by Gasteiger charge is 2.19. The van der Waals surface area contributed by atoms with Gasteiger partial charge in [0.25, 0.3) is 11.8 Å². The van der Waals surface area contributed by atoms with E-state index in [0.717, 1.165) is 0 Å². The average molecular weight is 359 g/mol. The third kappa shape index (κ3) is 5.20. The Balaban J connectivity index is 1.79. The number of hydrogen-bond donors (Lipinski definition) is 3. The fourth-order valence-electron chi connectivity index (χ4n) is 1.90. The topological polar surface area (TPSA) is 141 Å². The molecule has 0 radical (unpaired) electrons. The number of carbonyl (C=O) groups is 4. The molecule has 9 heteroatoms. The molecular formula is C17H17N3O6. The van der Waals surface area contributed by atoms with Crippen LogP contribution in [0.2, 0.25) is 0 Å². The molecule has 1 aromatic carbocycles. The van der Waals surface area contributed by atoms with E-state index in [1.165, 1.54) is 49.6 Å². The van der Waals surface area contributed by atoms with Gasteiger partial charge in [0.15, 0.2) is 11.9 Å². The molecule has 0 bridgehead atoms. The van der Waals surface area contributed by atoms with Gasteiger partial charge in [-0.1, -0.05) is 0 Å². The zero-order chi connectivity index (χ0) is 19.1. The second-order valence-electron chi connectivity index (χ2n) is 5.22. The lowest BCUT2D eigenvalue weighted by Crippen LogP contribution is -2.35. The Morgan fingerprint density at radius 3 is 2.42 bits per heavy atom. The largest absolute Gasteiger partial charge is 0.459 e. The molecule has 0 aliphatic rings. The smallest absolute Gasteiger partial charge is 0.326 e. The van der Waals surface area contributed by atoms with Crippen molar-refractivity contribution in [1.82, 2.24) is 5.32 Å². The number of anilines is 1. The molecule has 0 unspecified atom stereocenters. The van der Waals surface area contributed by atoms with Gasteiger partial charge in [-0.2, -0.15) is 0 Å². The summed E-state index contributed by atoms with van der Waals surface area (Å²) in [6.07, 6.45) is 0.245. The van der Waals surface area contributed by atoms with Crippen molar-refractivity contribution in [3.63, 3.8) is 0 Å². The fourth-order valence-corrected chi connectivity index (χ4v) is 1.90. The summed E-state index contributed by atoms with van der Waals surface area (Å²) in [7, 11) is 0.